The lowest BCUT2D eigenvalue weighted by Crippen LogP contribution is -2.45. The minimum atomic E-state index is -0.828. The zero-order chi connectivity index (χ0) is 19.7. The van der Waals surface area contributed by atoms with Crippen LogP contribution in [-0.2, 0) is 12.8 Å². The van der Waals surface area contributed by atoms with Crippen LogP contribution in [0.25, 0.3) is 11.3 Å². The summed E-state index contributed by atoms with van der Waals surface area (Å²) in [4.78, 5) is 2.01. The van der Waals surface area contributed by atoms with Crippen molar-refractivity contribution in [3.8, 4) is 29.4 Å². The van der Waals surface area contributed by atoms with Gasteiger partial charge in [-0.1, -0.05) is 5.92 Å². The zero-order valence-corrected chi connectivity index (χ0v) is 16.1. The van der Waals surface area contributed by atoms with Gasteiger partial charge >= 0.3 is 0 Å². The number of anilines is 1. The number of aromatic hydroxyl groups is 1. The van der Waals surface area contributed by atoms with Gasteiger partial charge in [0.05, 0.1) is 0 Å². The van der Waals surface area contributed by atoms with Gasteiger partial charge in [0.25, 0.3) is 0 Å². The number of likely N-dealkylation sites (N-methyl/N-ethyl adjacent to an activating group) is 1. The molecule has 146 valence electrons. The molecular formula is C22H25FN4O. The smallest absolute Gasteiger partial charge is 0.152 e. The topological polar surface area (TPSA) is 61.3 Å². The Balaban J connectivity index is 1.69. The largest absolute Gasteiger partial charge is 0.507 e. The molecule has 0 unspecified atom stereocenters. The number of nitrogens with zero attached hydrogens (tertiary/aromatic N) is 3. The highest BCUT2D eigenvalue weighted by molar-refractivity contribution is 5.73. The second-order valence-corrected chi connectivity index (χ2v) is 7.83. The molecule has 1 aromatic carbocycles. The highest BCUT2D eigenvalue weighted by Gasteiger charge is 2.28. The van der Waals surface area contributed by atoms with Crippen LogP contribution in [0.5, 0.6) is 5.75 Å². The number of hydrogen-bond acceptors (Lipinski definition) is 5. The summed E-state index contributed by atoms with van der Waals surface area (Å²) in [6.07, 6.45) is 9.04. The molecule has 4 rings (SSSR count). The van der Waals surface area contributed by atoms with E-state index < -0.39 is 6.17 Å². The number of aromatic nitrogens is 2. The summed E-state index contributed by atoms with van der Waals surface area (Å²) in [6.45, 7) is 1.26. The number of hydrogen-bond donors (Lipinski definition) is 2. The molecule has 0 spiro atoms. The molecule has 2 aromatic rings. The third kappa shape index (κ3) is 3.67. The number of alkyl halides is 1. The summed E-state index contributed by atoms with van der Waals surface area (Å²) < 4.78 is 14.0. The standard InChI is InChI=1S/C22H25FN4O/c1-3-14-8-9-19(20(28)10-14)21-17-6-4-5-7-18(17)22(26-25-21)24-16-11-15(23)12-27(2)13-16/h1,8-10,15-16,28H,4-7,11-13H2,2H3,(H,24,26)/t15-,16-/m1/s1. The molecule has 1 fully saturated rings. The predicted octanol–water partition coefficient (Wildman–Crippen LogP) is 3.16. The van der Waals surface area contributed by atoms with Crippen LogP contribution >= 0.6 is 0 Å². The molecule has 1 saturated heterocycles. The van der Waals surface area contributed by atoms with E-state index in [1.165, 1.54) is 0 Å². The minimum absolute atomic E-state index is 0.0169. The molecule has 2 atom stereocenters. The quantitative estimate of drug-likeness (QED) is 0.801. The number of halogens is 1. The monoisotopic (exact) mass is 380 g/mol. The number of rotatable bonds is 3. The van der Waals surface area contributed by atoms with Crippen molar-refractivity contribution >= 4 is 5.82 Å². The first-order valence-electron chi connectivity index (χ1n) is 9.82. The SMILES string of the molecule is C#Cc1ccc(-c2nnc(N[C@@H]3C[C@@H](F)CN(C)C3)c3c2CCCC3)c(O)c1. The molecule has 0 amide bonds. The van der Waals surface area contributed by atoms with Gasteiger partial charge in [-0.2, -0.15) is 0 Å². The Bertz CT molecular complexity index is 913. The van der Waals surface area contributed by atoms with Gasteiger partial charge in [0.15, 0.2) is 5.82 Å². The van der Waals surface area contributed by atoms with E-state index in [-0.39, 0.29) is 11.8 Å². The third-order valence-corrected chi connectivity index (χ3v) is 5.63. The maximum atomic E-state index is 14.0. The first-order chi connectivity index (χ1) is 13.5. The van der Waals surface area contributed by atoms with Crippen LogP contribution in [0.15, 0.2) is 18.2 Å². The van der Waals surface area contributed by atoms with E-state index in [2.05, 4.69) is 21.4 Å². The van der Waals surface area contributed by atoms with E-state index in [4.69, 9.17) is 6.42 Å². The van der Waals surface area contributed by atoms with Gasteiger partial charge in [0.2, 0.25) is 0 Å². The van der Waals surface area contributed by atoms with Crippen LogP contribution in [0.3, 0.4) is 0 Å². The molecule has 2 aliphatic rings. The van der Waals surface area contributed by atoms with Crippen LogP contribution in [0.1, 0.15) is 36.0 Å². The number of likely N-dealkylation sites (tertiary alicyclic amines) is 1. The molecule has 6 heteroatoms. The molecule has 1 aromatic heterocycles. The van der Waals surface area contributed by atoms with Gasteiger partial charge in [-0.3, -0.25) is 0 Å². The lowest BCUT2D eigenvalue weighted by Gasteiger charge is -2.33. The molecule has 28 heavy (non-hydrogen) atoms. The third-order valence-electron chi connectivity index (χ3n) is 5.63. The second kappa shape index (κ2) is 7.76. The Morgan fingerprint density at radius 3 is 2.71 bits per heavy atom. The lowest BCUT2D eigenvalue weighted by atomic mass is 9.88. The number of phenols is 1. The molecule has 0 bridgehead atoms. The van der Waals surface area contributed by atoms with Crippen LogP contribution in [0.2, 0.25) is 0 Å². The van der Waals surface area contributed by atoms with Gasteiger partial charge in [-0.05, 0) is 56.5 Å². The molecule has 0 saturated carbocycles. The van der Waals surface area contributed by atoms with Crippen LogP contribution in [-0.4, -0.2) is 52.6 Å². The van der Waals surface area contributed by atoms with Gasteiger partial charge in [-0.15, -0.1) is 16.6 Å². The fourth-order valence-electron chi connectivity index (χ4n) is 4.35. The molecule has 0 radical (unpaired) electrons. The summed E-state index contributed by atoms with van der Waals surface area (Å²) in [5, 5.41) is 22.8. The minimum Gasteiger partial charge on any atom is -0.507 e. The number of phenolic OH excluding ortho intramolecular Hbond substituents is 1. The first-order valence-corrected chi connectivity index (χ1v) is 9.82. The van der Waals surface area contributed by atoms with Gasteiger partial charge in [0, 0.05) is 42.2 Å². The van der Waals surface area contributed by atoms with Crippen molar-refractivity contribution < 1.29 is 9.50 Å². The van der Waals surface area contributed by atoms with Gasteiger partial charge in [0.1, 0.15) is 17.6 Å². The number of nitrogens with one attached hydrogen (secondary N) is 1. The summed E-state index contributed by atoms with van der Waals surface area (Å²) in [7, 11) is 1.94. The number of terminal acetylenes is 1. The van der Waals surface area contributed by atoms with Crippen molar-refractivity contribution in [2.45, 2.75) is 44.3 Å². The maximum absolute atomic E-state index is 14.0. The average Bonchev–Trinajstić information content (AvgIpc) is 2.68. The Labute approximate surface area is 165 Å². The van der Waals surface area contributed by atoms with E-state index in [1.807, 2.05) is 11.9 Å². The summed E-state index contributed by atoms with van der Waals surface area (Å²) in [5.74, 6) is 3.40. The lowest BCUT2D eigenvalue weighted by molar-refractivity contribution is 0.153. The molecule has 5 nitrogen and oxygen atoms in total. The second-order valence-electron chi connectivity index (χ2n) is 7.83. The van der Waals surface area contributed by atoms with E-state index in [9.17, 15) is 9.50 Å². The normalized spacial score (nSPS) is 22.3. The molecule has 1 aliphatic carbocycles. The van der Waals surface area contributed by atoms with E-state index in [0.29, 0.717) is 29.8 Å². The van der Waals surface area contributed by atoms with Crippen molar-refractivity contribution in [1.29, 1.82) is 0 Å². The molecular weight excluding hydrogens is 355 g/mol. The Morgan fingerprint density at radius 1 is 1.21 bits per heavy atom. The maximum Gasteiger partial charge on any atom is 0.152 e. The van der Waals surface area contributed by atoms with Crippen molar-refractivity contribution in [3.63, 3.8) is 0 Å². The number of benzene rings is 1. The summed E-state index contributed by atoms with van der Waals surface area (Å²) >= 11 is 0. The van der Waals surface area contributed by atoms with Gasteiger partial charge < -0.3 is 15.3 Å². The van der Waals surface area contributed by atoms with E-state index in [1.54, 1.807) is 18.2 Å². The highest BCUT2D eigenvalue weighted by atomic mass is 19.1. The summed E-state index contributed by atoms with van der Waals surface area (Å²) in [6, 6.07) is 5.21. The van der Waals surface area contributed by atoms with Crippen molar-refractivity contribution in [3.05, 3.63) is 34.9 Å². The van der Waals surface area contributed by atoms with Crippen molar-refractivity contribution in [2.75, 3.05) is 25.5 Å². The number of piperidine rings is 1. The van der Waals surface area contributed by atoms with Crippen molar-refractivity contribution in [1.82, 2.24) is 15.1 Å². The first kappa shape index (κ1) is 18.7. The molecule has 1 aliphatic heterocycles. The Kier molecular flexibility index (Phi) is 5.19. The van der Waals surface area contributed by atoms with Crippen LogP contribution in [0, 0.1) is 12.3 Å². The molecule has 2 N–H and O–H groups in total. The van der Waals surface area contributed by atoms with Crippen LogP contribution < -0.4 is 5.32 Å². The summed E-state index contributed by atoms with van der Waals surface area (Å²) in [5.41, 5.74) is 4.25. The highest BCUT2D eigenvalue weighted by Crippen LogP contribution is 2.37. The zero-order valence-electron chi connectivity index (χ0n) is 16.1. The molecule has 2 heterocycles. The Hall–Kier alpha value is -2.65. The van der Waals surface area contributed by atoms with E-state index in [0.717, 1.165) is 49.2 Å². The fourth-order valence-corrected chi connectivity index (χ4v) is 4.35. The van der Waals surface area contributed by atoms with Gasteiger partial charge in [-0.25, -0.2) is 4.39 Å². The van der Waals surface area contributed by atoms with Crippen LogP contribution in [0.4, 0.5) is 10.2 Å². The fraction of sp³-hybridized carbons (Fsp3) is 0.455. The van der Waals surface area contributed by atoms with Crippen molar-refractivity contribution in [2.24, 2.45) is 0 Å². The number of fused-ring (bicyclic) bond motifs is 1. The predicted molar refractivity (Wildman–Crippen MR) is 108 cm³/mol. The Morgan fingerprint density at radius 2 is 2.00 bits per heavy atom. The van der Waals surface area contributed by atoms with E-state index >= 15 is 0 Å². The average molecular weight is 380 g/mol.